The van der Waals surface area contributed by atoms with Crippen LogP contribution in [0.4, 0.5) is 0 Å². The number of hydrogen-bond donors (Lipinski definition) is 2. The number of H-pyrrole nitrogens is 1. The van der Waals surface area contributed by atoms with Gasteiger partial charge in [-0.3, -0.25) is 5.10 Å². The normalized spacial score (nSPS) is 27.2. The minimum Gasteiger partial charge on any atom is -0.309 e. The van der Waals surface area contributed by atoms with E-state index < -0.39 is 0 Å². The Balaban J connectivity index is 1.79. The van der Waals surface area contributed by atoms with E-state index in [4.69, 9.17) is 0 Å². The molecule has 0 spiro atoms. The average Bonchev–Trinajstić information content (AvgIpc) is 2.95. The first-order chi connectivity index (χ1) is 8.45. The van der Waals surface area contributed by atoms with Crippen molar-refractivity contribution in [2.75, 3.05) is 6.54 Å². The molecule has 0 amide bonds. The summed E-state index contributed by atoms with van der Waals surface area (Å²) in [5, 5.41) is 11.1. The maximum absolute atomic E-state index is 4.31. The smallest absolute Gasteiger partial charge is 0.0556 e. The molecule has 1 atom stereocenters. The molecular formula is C14H23N3. The van der Waals surface area contributed by atoms with Crippen LogP contribution in [0.15, 0.2) is 6.20 Å². The van der Waals surface area contributed by atoms with Gasteiger partial charge < -0.3 is 5.32 Å². The molecule has 1 saturated heterocycles. The molecule has 1 aliphatic heterocycles. The molecule has 3 heteroatoms. The molecule has 94 valence electrons. The second kappa shape index (κ2) is 5.21. The van der Waals surface area contributed by atoms with Crippen molar-refractivity contribution in [2.24, 2.45) is 0 Å². The lowest BCUT2D eigenvalue weighted by Gasteiger charge is -2.17. The van der Waals surface area contributed by atoms with Crippen molar-refractivity contribution < 1.29 is 0 Å². The van der Waals surface area contributed by atoms with E-state index in [0.29, 0.717) is 6.04 Å². The fourth-order valence-corrected chi connectivity index (χ4v) is 3.43. The van der Waals surface area contributed by atoms with Crippen molar-refractivity contribution >= 4 is 0 Å². The van der Waals surface area contributed by atoms with E-state index in [2.05, 4.69) is 21.7 Å². The summed E-state index contributed by atoms with van der Waals surface area (Å²) in [4.78, 5) is 0. The lowest BCUT2D eigenvalue weighted by molar-refractivity contribution is 0.562. The molecule has 3 rings (SSSR count). The number of hydrogen-bond acceptors (Lipinski definition) is 2. The van der Waals surface area contributed by atoms with Crippen LogP contribution in [0, 0.1) is 0 Å². The Bertz CT molecular complexity index is 344. The second-order valence-corrected chi connectivity index (χ2v) is 5.58. The topological polar surface area (TPSA) is 40.7 Å². The summed E-state index contributed by atoms with van der Waals surface area (Å²) < 4.78 is 0. The SMILES string of the molecule is c1n[nH]c(C2CCCN2)c1C1CCCCCC1. The molecular weight excluding hydrogens is 210 g/mol. The highest BCUT2D eigenvalue weighted by molar-refractivity contribution is 5.25. The maximum atomic E-state index is 4.31. The predicted octanol–water partition coefficient (Wildman–Crippen LogP) is 3.27. The summed E-state index contributed by atoms with van der Waals surface area (Å²) in [5.41, 5.74) is 2.89. The van der Waals surface area contributed by atoms with Crippen molar-refractivity contribution in [3.63, 3.8) is 0 Å². The minimum absolute atomic E-state index is 0.538. The van der Waals surface area contributed by atoms with E-state index >= 15 is 0 Å². The van der Waals surface area contributed by atoms with Crippen LogP contribution in [0.25, 0.3) is 0 Å². The molecule has 1 aromatic heterocycles. The molecule has 1 unspecified atom stereocenters. The van der Waals surface area contributed by atoms with Crippen LogP contribution in [0.5, 0.6) is 0 Å². The van der Waals surface area contributed by atoms with Gasteiger partial charge in [-0.2, -0.15) is 5.10 Å². The molecule has 2 fully saturated rings. The largest absolute Gasteiger partial charge is 0.309 e. The number of aromatic amines is 1. The van der Waals surface area contributed by atoms with Crippen molar-refractivity contribution in [1.82, 2.24) is 15.5 Å². The Morgan fingerprint density at radius 3 is 2.53 bits per heavy atom. The van der Waals surface area contributed by atoms with Gasteiger partial charge in [-0.05, 0) is 43.7 Å². The third kappa shape index (κ3) is 2.39. The summed E-state index contributed by atoms with van der Waals surface area (Å²) in [7, 11) is 0. The molecule has 0 aromatic carbocycles. The van der Waals surface area contributed by atoms with Gasteiger partial charge in [-0.15, -0.1) is 0 Å². The quantitative estimate of drug-likeness (QED) is 0.770. The summed E-state index contributed by atoms with van der Waals surface area (Å²) in [6.07, 6.45) is 13.0. The Hall–Kier alpha value is -0.830. The molecule has 1 saturated carbocycles. The zero-order valence-corrected chi connectivity index (χ0v) is 10.5. The Kier molecular flexibility index (Phi) is 3.46. The van der Waals surface area contributed by atoms with Crippen LogP contribution in [-0.2, 0) is 0 Å². The van der Waals surface area contributed by atoms with Crippen molar-refractivity contribution in [3.05, 3.63) is 17.5 Å². The molecule has 2 heterocycles. The van der Waals surface area contributed by atoms with Crippen LogP contribution >= 0.6 is 0 Å². The van der Waals surface area contributed by atoms with Crippen molar-refractivity contribution in [2.45, 2.75) is 63.3 Å². The summed E-state index contributed by atoms with van der Waals surface area (Å²) >= 11 is 0. The molecule has 0 radical (unpaired) electrons. The van der Waals surface area contributed by atoms with Crippen LogP contribution in [0.1, 0.15) is 74.6 Å². The van der Waals surface area contributed by atoms with Gasteiger partial charge in [0.05, 0.1) is 11.9 Å². The summed E-state index contributed by atoms with van der Waals surface area (Å²) in [6, 6.07) is 0.538. The van der Waals surface area contributed by atoms with E-state index in [0.717, 1.165) is 12.5 Å². The van der Waals surface area contributed by atoms with E-state index in [9.17, 15) is 0 Å². The number of rotatable bonds is 2. The predicted molar refractivity (Wildman–Crippen MR) is 69.0 cm³/mol. The molecule has 2 N–H and O–H groups in total. The zero-order valence-electron chi connectivity index (χ0n) is 10.5. The molecule has 2 aliphatic rings. The molecule has 0 bridgehead atoms. The Morgan fingerprint density at radius 1 is 1.00 bits per heavy atom. The molecule has 17 heavy (non-hydrogen) atoms. The third-order valence-electron chi connectivity index (χ3n) is 4.40. The summed E-state index contributed by atoms with van der Waals surface area (Å²) in [5.74, 6) is 0.758. The van der Waals surface area contributed by atoms with Crippen LogP contribution in [0.2, 0.25) is 0 Å². The third-order valence-corrected chi connectivity index (χ3v) is 4.40. The number of nitrogens with zero attached hydrogens (tertiary/aromatic N) is 1. The Labute approximate surface area is 103 Å². The Morgan fingerprint density at radius 2 is 1.82 bits per heavy atom. The maximum Gasteiger partial charge on any atom is 0.0556 e. The first-order valence-electron chi connectivity index (χ1n) is 7.21. The highest BCUT2D eigenvalue weighted by Crippen LogP contribution is 2.36. The van der Waals surface area contributed by atoms with Crippen LogP contribution in [0.3, 0.4) is 0 Å². The van der Waals surface area contributed by atoms with Crippen molar-refractivity contribution in [3.8, 4) is 0 Å². The van der Waals surface area contributed by atoms with Gasteiger partial charge in [0.2, 0.25) is 0 Å². The fourth-order valence-electron chi connectivity index (χ4n) is 3.43. The molecule has 1 aromatic rings. The van der Waals surface area contributed by atoms with Crippen LogP contribution in [-0.4, -0.2) is 16.7 Å². The number of nitrogens with one attached hydrogen (secondary N) is 2. The summed E-state index contributed by atoms with van der Waals surface area (Å²) in [6.45, 7) is 1.16. The van der Waals surface area contributed by atoms with Crippen molar-refractivity contribution in [1.29, 1.82) is 0 Å². The first kappa shape index (κ1) is 11.3. The van der Waals surface area contributed by atoms with E-state index in [-0.39, 0.29) is 0 Å². The lowest BCUT2D eigenvalue weighted by atomic mass is 9.90. The second-order valence-electron chi connectivity index (χ2n) is 5.58. The minimum atomic E-state index is 0.538. The highest BCUT2D eigenvalue weighted by Gasteiger charge is 2.25. The van der Waals surface area contributed by atoms with Gasteiger partial charge in [-0.1, -0.05) is 25.7 Å². The van der Waals surface area contributed by atoms with Gasteiger partial charge in [-0.25, -0.2) is 0 Å². The monoisotopic (exact) mass is 233 g/mol. The average molecular weight is 233 g/mol. The van der Waals surface area contributed by atoms with Gasteiger partial charge in [0.1, 0.15) is 0 Å². The molecule has 3 nitrogen and oxygen atoms in total. The molecule has 1 aliphatic carbocycles. The van der Waals surface area contributed by atoms with Gasteiger partial charge in [0.25, 0.3) is 0 Å². The first-order valence-corrected chi connectivity index (χ1v) is 7.21. The zero-order chi connectivity index (χ0) is 11.5. The fraction of sp³-hybridized carbons (Fsp3) is 0.786. The van der Waals surface area contributed by atoms with Gasteiger partial charge in [0, 0.05) is 6.04 Å². The standard InChI is InChI=1S/C14H23N3/c1-2-4-7-11(6-3-1)12-10-16-17-14(12)13-8-5-9-15-13/h10-11,13,15H,1-9H2,(H,16,17). The highest BCUT2D eigenvalue weighted by atomic mass is 15.1. The van der Waals surface area contributed by atoms with E-state index in [1.54, 1.807) is 0 Å². The van der Waals surface area contributed by atoms with Crippen LogP contribution < -0.4 is 5.32 Å². The van der Waals surface area contributed by atoms with E-state index in [1.165, 1.54) is 62.6 Å². The van der Waals surface area contributed by atoms with Gasteiger partial charge in [0.15, 0.2) is 0 Å². The number of aromatic nitrogens is 2. The van der Waals surface area contributed by atoms with E-state index in [1.807, 2.05) is 0 Å². The lowest BCUT2D eigenvalue weighted by Crippen LogP contribution is -2.15. The van der Waals surface area contributed by atoms with Gasteiger partial charge >= 0.3 is 0 Å².